The Labute approximate surface area is 692 Å². The van der Waals surface area contributed by atoms with Crippen LogP contribution < -0.4 is 39.2 Å². The molecule has 0 aliphatic carbocycles. The van der Waals surface area contributed by atoms with E-state index in [4.69, 9.17) is 38.4 Å². The monoisotopic (exact) mass is 1590 g/mol. The number of nitrogens with zero attached hydrogens (tertiary/aromatic N) is 10. The van der Waals surface area contributed by atoms with Gasteiger partial charge in [-0.3, -0.25) is 15.3 Å². The molecule has 15 rings (SSSR count). The van der Waals surface area contributed by atoms with E-state index in [1.54, 1.807) is 96.9 Å². The standard InChI is InChI=1S/C21H21N3O3.C20H16N2O2.C20H16N2O.C19H13FN2O.C17H13N3O3/c1-21(2,3)27-20(25)23-15-5-10-18-14(12-22)13-24(19(18)11-15)16-6-8-17(26-4)9-7-16;1-22-19(11-6-14-4-7-15(23-2)8-5-14)18(13-21)17-10-9-16(24-3)12-20(17)22;1-14-4-6-15(7-5-14)8-11-19-18(13-21)17-10-9-16(23-3)12-20(17)22(19)2;1-22-18(10-5-13-3-6-14(20)7-4-13)17(12-21)16-9-8-15(23-2)11-19(16)22;1-23-14-5-3-13(4-6-14)20-10-12(9-18)15-7-2-11(8-16(15)20)17(21)19-22/h5-11,13H,1-4H3,(H,23,25);4-5,7-10,12H,1-3H3;4-7,9-10,12H,1-3H3;3-4,6-9,11H,1-2H3;2-8,10,22H,1H3,(H,19,21). The number of carbonyl (C=O) groups excluding carboxylic acids is 2. The highest BCUT2D eigenvalue weighted by molar-refractivity contribution is 6.00. The zero-order chi connectivity index (χ0) is 85.9. The molecule has 0 saturated heterocycles. The average Bonchev–Trinajstić information content (AvgIpc) is 1.62. The van der Waals surface area contributed by atoms with Gasteiger partial charge in [0.1, 0.15) is 93.3 Å². The Morgan fingerprint density at radius 2 is 0.725 bits per heavy atom. The van der Waals surface area contributed by atoms with Gasteiger partial charge in [-0.25, -0.2) is 14.7 Å². The lowest BCUT2D eigenvalue weighted by Crippen LogP contribution is -2.27. The molecule has 0 aliphatic heterocycles. The minimum absolute atomic E-state index is 0.301. The van der Waals surface area contributed by atoms with E-state index in [0.29, 0.717) is 61.5 Å². The number of hydrogen-bond acceptors (Lipinski definition) is 15. The van der Waals surface area contributed by atoms with E-state index < -0.39 is 17.6 Å². The van der Waals surface area contributed by atoms with E-state index in [-0.39, 0.29) is 5.82 Å². The Morgan fingerprint density at radius 3 is 1.07 bits per heavy atom. The molecule has 15 aromatic rings. The first-order valence-electron chi connectivity index (χ1n) is 37.0. The van der Waals surface area contributed by atoms with Crippen LogP contribution in [0, 0.1) is 105 Å². The van der Waals surface area contributed by atoms with E-state index in [2.05, 4.69) is 71.2 Å². The first kappa shape index (κ1) is 84.4. The fourth-order valence-electron chi connectivity index (χ4n) is 12.9. The minimum atomic E-state index is -0.604. The number of carbonyl (C=O) groups is 2. The highest BCUT2D eigenvalue weighted by Gasteiger charge is 2.21. The number of fused-ring (bicyclic) bond motifs is 5. The number of anilines is 1. The first-order valence-corrected chi connectivity index (χ1v) is 37.0. The van der Waals surface area contributed by atoms with Crippen molar-refractivity contribution in [2.45, 2.75) is 33.3 Å². The predicted molar refractivity (Wildman–Crippen MR) is 459 cm³/mol. The molecule has 2 amide bonds. The van der Waals surface area contributed by atoms with Gasteiger partial charge in [-0.05, 0) is 221 Å². The number of hydroxylamine groups is 1. The second-order valence-corrected chi connectivity index (χ2v) is 27.7. The van der Waals surface area contributed by atoms with Crippen LogP contribution in [0.15, 0.2) is 225 Å². The summed E-state index contributed by atoms with van der Waals surface area (Å²) >= 11 is 0. The van der Waals surface area contributed by atoms with Crippen LogP contribution in [0.5, 0.6) is 34.5 Å². The Balaban J connectivity index is 0.000000147. The maximum atomic E-state index is 12.9. The molecule has 594 valence electrons. The van der Waals surface area contributed by atoms with Gasteiger partial charge in [0, 0.05) is 118 Å². The summed E-state index contributed by atoms with van der Waals surface area (Å²) in [4.78, 5) is 23.7. The van der Waals surface area contributed by atoms with Gasteiger partial charge in [-0.2, -0.15) is 26.3 Å². The van der Waals surface area contributed by atoms with Crippen LogP contribution in [-0.4, -0.2) is 88.3 Å². The van der Waals surface area contributed by atoms with Crippen molar-refractivity contribution in [1.29, 1.82) is 26.3 Å². The summed E-state index contributed by atoms with van der Waals surface area (Å²) in [7, 11) is 15.4. The predicted octanol–water partition coefficient (Wildman–Crippen LogP) is 18.3. The number of hydrogen-bond donors (Lipinski definition) is 3. The summed E-state index contributed by atoms with van der Waals surface area (Å²) in [5.74, 6) is 22.1. The number of halogens is 1. The van der Waals surface area contributed by atoms with Crippen molar-refractivity contribution in [3.05, 3.63) is 303 Å². The number of nitrogens with one attached hydrogen (secondary N) is 2. The van der Waals surface area contributed by atoms with Crippen molar-refractivity contribution in [2.24, 2.45) is 21.1 Å². The largest absolute Gasteiger partial charge is 0.497 e. The van der Waals surface area contributed by atoms with E-state index in [0.717, 1.165) is 112 Å². The number of benzene rings is 10. The Kier molecular flexibility index (Phi) is 26.8. The minimum Gasteiger partial charge on any atom is -0.497 e. The van der Waals surface area contributed by atoms with E-state index in [1.165, 1.54) is 17.7 Å². The lowest BCUT2D eigenvalue weighted by molar-refractivity contribution is 0.0635. The van der Waals surface area contributed by atoms with Crippen molar-refractivity contribution >= 4 is 72.2 Å². The number of aryl methyl sites for hydroxylation is 4. The molecule has 0 atom stereocenters. The number of aromatic nitrogens is 5. The van der Waals surface area contributed by atoms with Crippen molar-refractivity contribution in [2.75, 3.05) is 48.0 Å². The Hall–Kier alpha value is -16.5. The number of methoxy groups -OCH3 is 6. The third-order valence-electron chi connectivity index (χ3n) is 19.1. The molecule has 120 heavy (non-hydrogen) atoms. The van der Waals surface area contributed by atoms with Gasteiger partial charge in [0.2, 0.25) is 0 Å². The van der Waals surface area contributed by atoms with Crippen LogP contribution in [0.3, 0.4) is 0 Å². The van der Waals surface area contributed by atoms with Crippen molar-refractivity contribution in [3.63, 3.8) is 0 Å². The quantitative estimate of drug-likeness (QED) is 0.0652. The van der Waals surface area contributed by atoms with E-state index >= 15 is 0 Å². The van der Waals surface area contributed by atoms with Gasteiger partial charge in [0.05, 0.1) is 98.1 Å². The van der Waals surface area contributed by atoms with Crippen LogP contribution in [0.2, 0.25) is 0 Å². The Morgan fingerprint density at radius 1 is 0.392 bits per heavy atom. The lowest BCUT2D eigenvalue weighted by atomic mass is 10.1. The highest BCUT2D eigenvalue weighted by Crippen LogP contribution is 2.34. The maximum Gasteiger partial charge on any atom is 0.412 e. The summed E-state index contributed by atoms with van der Waals surface area (Å²) < 4.78 is 58.9. The zero-order valence-corrected chi connectivity index (χ0v) is 67.8. The van der Waals surface area contributed by atoms with E-state index in [1.807, 2.05) is 235 Å². The van der Waals surface area contributed by atoms with Crippen LogP contribution in [0.4, 0.5) is 14.9 Å². The van der Waals surface area contributed by atoms with Crippen LogP contribution in [-0.2, 0) is 25.9 Å². The molecule has 10 aromatic carbocycles. The summed E-state index contributed by atoms with van der Waals surface area (Å²) in [6.45, 7) is 7.47. The molecule has 5 heterocycles. The third kappa shape index (κ3) is 19.3. The topological polar surface area (TPSA) is 287 Å². The summed E-state index contributed by atoms with van der Waals surface area (Å²) in [6, 6.07) is 74.7. The molecule has 3 N–H and O–H groups in total. The number of ether oxygens (including phenoxy) is 7. The van der Waals surface area contributed by atoms with Crippen molar-refractivity contribution in [3.8, 4) is 112 Å². The summed E-state index contributed by atoms with van der Waals surface area (Å²) in [5.41, 5.74) is 16.4. The third-order valence-corrected chi connectivity index (χ3v) is 19.1. The average molecular weight is 1590 g/mol. The molecule has 23 heteroatoms. The number of nitriles is 5. The van der Waals surface area contributed by atoms with Crippen molar-refractivity contribution < 1.29 is 52.3 Å². The Bertz CT molecular complexity index is 6650. The van der Waals surface area contributed by atoms with Gasteiger partial charge in [-0.15, -0.1) is 0 Å². The number of rotatable bonds is 10. The second kappa shape index (κ2) is 38.1. The molecule has 22 nitrogen and oxygen atoms in total. The lowest BCUT2D eigenvalue weighted by Gasteiger charge is -2.19. The van der Waals surface area contributed by atoms with Gasteiger partial charge in [-0.1, -0.05) is 41.5 Å². The maximum absolute atomic E-state index is 12.9. The molecule has 0 saturated carbocycles. The highest BCUT2D eigenvalue weighted by atomic mass is 19.1. The van der Waals surface area contributed by atoms with Crippen LogP contribution >= 0.6 is 0 Å². The molecular formula is C97H79FN12O10. The fraction of sp³-hybridized carbons (Fsp3) is 0.144. The number of amides is 2. The summed E-state index contributed by atoms with van der Waals surface area (Å²) in [5, 5.41) is 63.0. The molecule has 0 fully saturated rings. The SMILES string of the molecule is COc1ccc(-n2cc(C#N)c3ccc(C(=O)NO)cc32)cc1.COc1ccc(-n2cc(C#N)c3ccc(NC(=O)OC(C)(C)C)cc32)cc1.COc1ccc(C#Cc2c(C#N)c3ccc(OC)cc3n2C)cc1.COc1ccc2c(C#N)c(C#Cc3ccc(C)cc3)n(C)c2c1.COc1ccc2c(C#N)c(C#Cc3ccc(F)cc3)n(C)c2c1. The molecule has 0 radical (unpaired) electrons. The van der Waals surface area contributed by atoms with Gasteiger partial charge >= 0.3 is 6.09 Å². The molecule has 0 unspecified atom stereocenters. The van der Waals surface area contributed by atoms with Crippen LogP contribution in [0.25, 0.3) is 65.9 Å². The van der Waals surface area contributed by atoms with Gasteiger partial charge in [0.15, 0.2) is 0 Å². The van der Waals surface area contributed by atoms with Gasteiger partial charge < -0.3 is 56.0 Å². The molecule has 0 bridgehead atoms. The van der Waals surface area contributed by atoms with Gasteiger partial charge in [0.25, 0.3) is 5.91 Å². The molecule has 0 spiro atoms. The normalized spacial score (nSPS) is 10.3. The molecule has 0 aliphatic rings. The summed E-state index contributed by atoms with van der Waals surface area (Å²) in [6.07, 6.45) is 2.97. The molecule has 5 aromatic heterocycles. The van der Waals surface area contributed by atoms with Crippen molar-refractivity contribution in [1.82, 2.24) is 28.3 Å². The van der Waals surface area contributed by atoms with E-state index in [9.17, 15) is 40.3 Å². The fourth-order valence-corrected chi connectivity index (χ4v) is 12.9. The van der Waals surface area contributed by atoms with Crippen LogP contribution in [0.1, 0.15) is 98.3 Å². The zero-order valence-electron chi connectivity index (χ0n) is 67.8. The molecular weight excluding hydrogens is 1510 g/mol. The first-order chi connectivity index (χ1) is 57.9. The second-order valence-electron chi connectivity index (χ2n) is 27.7. The smallest absolute Gasteiger partial charge is 0.412 e.